The van der Waals surface area contributed by atoms with Crippen molar-refractivity contribution in [2.45, 2.75) is 224 Å². The summed E-state index contributed by atoms with van der Waals surface area (Å²) >= 11 is 0. The number of nitrogens with one attached hydrogen (secondary N) is 1. The molecule has 6 N–H and O–H groups in total. The number of carbonyl (C=O) groups is 2. The molecule has 0 bridgehead atoms. The third kappa shape index (κ3) is 19.9. The van der Waals surface area contributed by atoms with Crippen LogP contribution in [0.2, 0.25) is 0 Å². The summed E-state index contributed by atoms with van der Waals surface area (Å²) in [6.07, 6.45) is -5.17. The van der Waals surface area contributed by atoms with Gasteiger partial charge in [-0.3, -0.25) is 9.59 Å². The number of aliphatic hydroxyl groups is 5. The molecule has 0 radical (unpaired) electrons. The Morgan fingerprint density at radius 1 is 0.688 bits per heavy atom. The highest BCUT2D eigenvalue weighted by molar-refractivity contribution is 5.83. The number of esters is 1. The number of carbonyl (C=O) groups excluding carboxylic acids is 2. The first-order chi connectivity index (χ1) is 45.5. The lowest BCUT2D eigenvalue weighted by molar-refractivity contribution is -0.318. The van der Waals surface area contributed by atoms with Crippen LogP contribution in [0.15, 0.2) is 140 Å². The molecule has 19 atom stereocenters. The van der Waals surface area contributed by atoms with Crippen molar-refractivity contribution >= 4 is 23.1 Å². The van der Waals surface area contributed by atoms with Gasteiger partial charge in [-0.1, -0.05) is 155 Å². The largest absolute Gasteiger partial charge is 0.459 e. The van der Waals surface area contributed by atoms with E-state index in [2.05, 4.69) is 176 Å². The maximum Gasteiger partial charge on any atom is 0.311 e. The van der Waals surface area contributed by atoms with Crippen molar-refractivity contribution < 1.29 is 63.5 Å². The lowest BCUT2D eigenvalue weighted by Gasteiger charge is -2.49. The average molecular weight is 1330 g/mol. The standard InChI is InChI=1S/C37H67NO13.C23H25N.C19H24N2/c1-14-25-37(10,45)30(41)20(4)27(39)18(2)16-35(8,44)32(51-34-28(40)24(38(11)12)15-19(3)47-34)21(5)29(22(6)33(43)49-25)50-26-17-36(9,46-13)31(42)23(7)48-26;1-19(20-11-5-2-6-12-20)24-18-17-23(21-13-7-3-8-14-21)22-15-9-4-10-16-22;1-20(2)14-7-15-21-18-10-5-3-8-16(18)12-13-17-9-4-6-11-19(17)21/h18-26,28-32,34,40-42,44-45H,14-17H2,1-13H3;2-16,19,23-24H,17-18H2,1H3;3-6,8-11H,7,12-15H2,1-2H3/t18-,19-,20+,21+,22-,23+,24+,25-,26+,28-,29+,30-,31+,32-,34+,35-,36-,37-;;/m1../s1. The highest BCUT2D eigenvalue weighted by atomic mass is 16.7. The van der Waals surface area contributed by atoms with Crippen LogP contribution in [0.3, 0.4) is 0 Å². The number of aryl methyl sites for hydroxylation is 2. The Labute approximate surface area is 573 Å². The van der Waals surface area contributed by atoms with Crippen molar-refractivity contribution in [3.63, 3.8) is 0 Å². The van der Waals surface area contributed by atoms with Crippen molar-refractivity contribution in [2.75, 3.05) is 59.8 Å². The molecular formula is C79H116N4O13. The molecule has 3 saturated heterocycles. The average Bonchev–Trinajstić information content (AvgIpc) is 1.74. The fourth-order valence-electron chi connectivity index (χ4n) is 14.8. The number of hydrogen-bond acceptors (Lipinski definition) is 17. The monoisotopic (exact) mass is 1330 g/mol. The van der Waals surface area contributed by atoms with E-state index in [0.717, 1.165) is 38.9 Å². The number of fused-ring (bicyclic) bond motifs is 2. The van der Waals surface area contributed by atoms with Gasteiger partial charge < -0.3 is 74.0 Å². The molecule has 0 aromatic heterocycles. The summed E-state index contributed by atoms with van der Waals surface area (Å²) in [4.78, 5) is 34.5. The van der Waals surface area contributed by atoms with E-state index in [4.69, 9.17) is 28.4 Å². The number of para-hydroxylation sites is 2. The second-order valence-corrected chi connectivity index (χ2v) is 28.8. The van der Waals surface area contributed by atoms with Gasteiger partial charge in [-0.25, -0.2) is 0 Å². The third-order valence-electron chi connectivity index (χ3n) is 20.6. The number of likely N-dealkylation sites (N-methyl/N-ethyl adjacent to an activating group) is 1. The van der Waals surface area contributed by atoms with Crippen molar-refractivity contribution in [3.05, 3.63) is 167 Å². The maximum absolute atomic E-state index is 14.1. The SMILES string of the molecule is CC(NCCC(c1ccccc1)c1ccccc1)c1ccccc1.CC[C@H]1OC(=O)[C@H](C)[C@@H](O[C@H]2C[C@@](C)(OC)[C@@H](O)[C@H](C)O2)[C@H](C)[C@@H](O[C@@H]2O[C@H](C)C[C@H](N(C)C)[C@H]2O)[C@](C)(O)C[C@@H](C)C(=O)[C@H](C)[C@@H](O)[C@]1(C)O.CN(C)CCCN1c2ccccc2CCc2ccccc21. The molecule has 96 heavy (non-hydrogen) atoms. The first-order valence-corrected chi connectivity index (χ1v) is 35.1. The van der Waals surface area contributed by atoms with Crippen LogP contribution in [0.25, 0.3) is 0 Å². The molecular weight excluding hydrogens is 1210 g/mol. The van der Waals surface area contributed by atoms with Gasteiger partial charge in [0.15, 0.2) is 12.6 Å². The van der Waals surface area contributed by atoms with E-state index < -0.39 is 108 Å². The summed E-state index contributed by atoms with van der Waals surface area (Å²) in [6, 6.07) is 50.0. The normalized spacial score (nSPS) is 32.5. The van der Waals surface area contributed by atoms with Crippen molar-refractivity contribution in [2.24, 2.45) is 23.7 Å². The molecule has 1 unspecified atom stereocenters. The van der Waals surface area contributed by atoms with Crippen LogP contribution in [-0.4, -0.2) is 186 Å². The number of ether oxygens (including phenoxy) is 6. The fraction of sp³-hybridized carbons (Fsp3) is 0.595. The van der Waals surface area contributed by atoms with Crippen molar-refractivity contribution in [1.29, 1.82) is 0 Å². The van der Waals surface area contributed by atoms with Gasteiger partial charge in [-0.15, -0.1) is 0 Å². The van der Waals surface area contributed by atoms with E-state index >= 15 is 0 Å². The van der Waals surface area contributed by atoms with Crippen molar-refractivity contribution in [3.8, 4) is 0 Å². The maximum atomic E-state index is 14.1. The van der Waals surface area contributed by atoms with E-state index in [9.17, 15) is 35.1 Å². The smallest absolute Gasteiger partial charge is 0.311 e. The number of rotatable bonds is 18. The highest BCUT2D eigenvalue weighted by Gasteiger charge is 2.54. The molecule has 4 aliphatic heterocycles. The van der Waals surface area contributed by atoms with Crippen LogP contribution < -0.4 is 10.2 Å². The van der Waals surface area contributed by atoms with E-state index in [1.54, 1.807) is 41.5 Å². The number of nitrogens with zero attached hydrogens (tertiary/aromatic N) is 3. The number of aliphatic hydroxyl groups excluding tert-OH is 3. The zero-order chi connectivity index (χ0) is 70.2. The number of benzene rings is 5. The van der Waals surface area contributed by atoms with Crippen LogP contribution in [0.1, 0.15) is 154 Å². The number of anilines is 2. The number of hydrogen-bond donors (Lipinski definition) is 6. The molecule has 530 valence electrons. The van der Waals surface area contributed by atoms with Gasteiger partial charge in [0.1, 0.15) is 29.7 Å². The van der Waals surface area contributed by atoms with Crippen molar-refractivity contribution in [1.82, 2.24) is 15.1 Å². The molecule has 4 heterocycles. The minimum absolute atomic E-state index is 0.0936. The lowest BCUT2D eigenvalue weighted by atomic mass is 9.74. The molecule has 5 aromatic rings. The molecule has 9 rings (SSSR count). The number of ketones is 1. The van der Waals surface area contributed by atoms with Crippen LogP contribution in [0.5, 0.6) is 0 Å². The summed E-state index contributed by atoms with van der Waals surface area (Å²) in [7, 11) is 9.46. The molecule has 5 aromatic carbocycles. The summed E-state index contributed by atoms with van der Waals surface area (Å²) < 4.78 is 37.1. The van der Waals surface area contributed by atoms with Crippen LogP contribution in [0.4, 0.5) is 11.4 Å². The second-order valence-electron chi connectivity index (χ2n) is 28.8. The van der Waals surface area contributed by atoms with E-state index in [1.165, 1.54) is 73.5 Å². The lowest BCUT2D eigenvalue weighted by Crippen LogP contribution is -2.61. The Morgan fingerprint density at radius 3 is 1.74 bits per heavy atom. The summed E-state index contributed by atoms with van der Waals surface area (Å²) in [5.74, 6) is -4.54. The van der Waals surface area contributed by atoms with Gasteiger partial charge in [-0.05, 0) is 175 Å². The molecule has 3 fully saturated rings. The van der Waals surface area contributed by atoms with E-state index in [-0.39, 0.29) is 31.4 Å². The molecule has 0 aliphatic carbocycles. The Morgan fingerprint density at radius 2 is 1.22 bits per heavy atom. The third-order valence-corrected chi connectivity index (χ3v) is 20.6. The Balaban J connectivity index is 0.000000235. The molecule has 17 nitrogen and oxygen atoms in total. The van der Waals surface area contributed by atoms with Gasteiger partial charge in [0, 0.05) is 67.2 Å². The Bertz CT molecular complexity index is 3050. The summed E-state index contributed by atoms with van der Waals surface area (Å²) in [5.41, 5.74) is 5.00. The Hall–Kier alpha value is -5.48. The van der Waals surface area contributed by atoms with Gasteiger partial charge in [0.05, 0.1) is 47.6 Å². The van der Waals surface area contributed by atoms with E-state index in [1.807, 2.05) is 25.9 Å². The zero-order valence-corrected chi connectivity index (χ0v) is 60.2. The molecule has 17 heteroatoms. The number of methoxy groups -OCH3 is 1. The minimum Gasteiger partial charge on any atom is -0.459 e. The minimum atomic E-state index is -1.99. The number of cyclic esters (lactones) is 1. The summed E-state index contributed by atoms with van der Waals surface area (Å²) in [6.45, 7) is 21.8. The summed E-state index contributed by atoms with van der Waals surface area (Å²) in [5, 5.41) is 61.3. The highest BCUT2D eigenvalue weighted by Crippen LogP contribution is 2.42. The fourth-order valence-corrected chi connectivity index (χ4v) is 14.8. The van der Waals surface area contributed by atoms with E-state index in [0.29, 0.717) is 18.4 Å². The molecule has 0 saturated carbocycles. The van der Waals surface area contributed by atoms with Crippen LogP contribution in [0, 0.1) is 23.7 Å². The number of Topliss-reactive ketones (excluding diaryl/α,β-unsaturated/α-hetero) is 1. The molecule has 0 spiro atoms. The first kappa shape index (κ1) is 77.9. The predicted molar refractivity (Wildman–Crippen MR) is 379 cm³/mol. The first-order valence-electron chi connectivity index (χ1n) is 35.1. The predicted octanol–water partition coefficient (Wildman–Crippen LogP) is 11.2. The second kappa shape index (κ2) is 35.5. The quantitative estimate of drug-likeness (QED) is 0.0450. The van der Waals surface area contributed by atoms with Gasteiger partial charge in [0.25, 0.3) is 0 Å². The van der Waals surface area contributed by atoms with Gasteiger partial charge >= 0.3 is 5.97 Å². The van der Waals surface area contributed by atoms with Crippen LogP contribution in [-0.2, 0) is 50.9 Å². The van der Waals surface area contributed by atoms with Crippen LogP contribution >= 0.6 is 0 Å². The topological polar surface area (TPSA) is 212 Å². The van der Waals surface area contributed by atoms with Gasteiger partial charge in [-0.2, -0.15) is 0 Å². The molecule has 0 amide bonds. The molecule has 4 aliphatic rings. The Kier molecular flexibility index (Phi) is 28.8. The van der Waals surface area contributed by atoms with Gasteiger partial charge in [0.2, 0.25) is 0 Å². The zero-order valence-electron chi connectivity index (χ0n) is 60.2.